The molecule has 0 radical (unpaired) electrons. The molecule has 1 rings (SSSR count). The molecule has 0 fully saturated rings. The van der Waals surface area contributed by atoms with Gasteiger partial charge in [-0.3, -0.25) is 4.79 Å². The van der Waals surface area contributed by atoms with E-state index in [2.05, 4.69) is 5.32 Å². The zero-order valence-electron chi connectivity index (χ0n) is 11.4. The van der Waals surface area contributed by atoms with E-state index in [1.165, 1.54) is 7.11 Å². The summed E-state index contributed by atoms with van der Waals surface area (Å²) in [6, 6.07) is 4.60. The number of halogens is 1. The number of rotatable bonds is 6. The summed E-state index contributed by atoms with van der Waals surface area (Å²) >= 11 is 5.89. The first-order valence-corrected chi connectivity index (χ1v) is 6.61. The number of hydrogen-bond donors (Lipinski definition) is 2. The Labute approximate surface area is 118 Å². The third kappa shape index (κ3) is 4.73. The van der Waals surface area contributed by atoms with Gasteiger partial charge in [0.15, 0.2) is 0 Å². The van der Waals surface area contributed by atoms with Crippen molar-refractivity contribution < 1.29 is 14.6 Å². The molecule has 1 atom stereocenters. The fraction of sp³-hybridized carbons (Fsp3) is 0.500. The number of benzene rings is 1. The number of hydrogen-bond acceptors (Lipinski definition) is 3. The van der Waals surface area contributed by atoms with E-state index >= 15 is 0 Å². The first-order valence-electron chi connectivity index (χ1n) is 6.23. The molecule has 0 aliphatic carbocycles. The first-order chi connectivity index (χ1) is 8.97. The van der Waals surface area contributed by atoms with Gasteiger partial charge in [-0.2, -0.15) is 0 Å². The van der Waals surface area contributed by atoms with Crippen molar-refractivity contribution in [3.05, 3.63) is 28.8 Å². The molecule has 0 bridgehead atoms. The number of aliphatic hydroxyl groups is 1. The average Bonchev–Trinajstić information content (AvgIpc) is 2.37. The Bertz CT molecular complexity index is 435. The lowest BCUT2D eigenvalue weighted by molar-refractivity contribution is 0.0905. The molecular formula is C14H20ClNO3. The lowest BCUT2D eigenvalue weighted by Crippen LogP contribution is -2.38. The van der Waals surface area contributed by atoms with Crippen LogP contribution in [0.15, 0.2) is 18.2 Å². The van der Waals surface area contributed by atoms with E-state index < -0.39 is 0 Å². The van der Waals surface area contributed by atoms with Gasteiger partial charge >= 0.3 is 0 Å². The number of carbonyl (C=O) groups is 1. The normalized spacial score (nSPS) is 12.3. The van der Waals surface area contributed by atoms with Crippen molar-refractivity contribution in [1.29, 1.82) is 0 Å². The van der Waals surface area contributed by atoms with Gasteiger partial charge in [-0.05, 0) is 30.5 Å². The molecule has 106 valence electrons. The van der Waals surface area contributed by atoms with Crippen molar-refractivity contribution in [1.82, 2.24) is 5.32 Å². The van der Waals surface area contributed by atoms with Crippen molar-refractivity contribution in [2.45, 2.75) is 26.3 Å². The fourth-order valence-corrected chi connectivity index (χ4v) is 2.04. The van der Waals surface area contributed by atoms with Crippen LogP contribution in [0.4, 0.5) is 0 Å². The quantitative estimate of drug-likeness (QED) is 0.844. The topological polar surface area (TPSA) is 58.6 Å². The predicted octanol–water partition coefficient (Wildman–Crippen LogP) is 2.49. The molecule has 0 aliphatic heterocycles. The zero-order chi connectivity index (χ0) is 14.4. The lowest BCUT2D eigenvalue weighted by Gasteiger charge is -2.19. The molecule has 0 aliphatic rings. The molecule has 5 heteroatoms. The fourth-order valence-electron chi connectivity index (χ4n) is 1.87. The molecule has 2 N–H and O–H groups in total. The summed E-state index contributed by atoms with van der Waals surface area (Å²) < 4.78 is 5.14. The number of nitrogens with one attached hydrogen (secondary N) is 1. The third-order valence-corrected chi connectivity index (χ3v) is 2.95. The second-order valence-corrected chi connectivity index (χ2v) is 5.26. The van der Waals surface area contributed by atoms with Crippen LogP contribution in [0.2, 0.25) is 5.02 Å². The molecule has 0 aromatic heterocycles. The highest BCUT2D eigenvalue weighted by Gasteiger charge is 2.17. The van der Waals surface area contributed by atoms with Crippen molar-refractivity contribution >= 4 is 17.5 Å². The van der Waals surface area contributed by atoms with Crippen LogP contribution < -0.4 is 10.1 Å². The van der Waals surface area contributed by atoms with Gasteiger partial charge in [-0.15, -0.1) is 0 Å². The van der Waals surface area contributed by atoms with E-state index in [-0.39, 0.29) is 18.6 Å². The summed E-state index contributed by atoms with van der Waals surface area (Å²) in [5, 5.41) is 12.5. The van der Waals surface area contributed by atoms with Crippen LogP contribution in [0.1, 0.15) is 30.6 Å². The maximum atomic E-state index is 12.2. The number of amides is 1. The minimum Gasteiger partial charge on any atom is -0.496 e. The van der Waals surface area contributed by atoms with Gasteiger partial charge in [0.2, 0.25) is 0 Å². The van der Waals surface area contributed by atoms with Crippen LogP contribution in [0.5, 0.6) is 5.75 Å². The van der Waals surface area contributed by atoms with Crippen LogP contribution in [0.3, 0.4) is 0 Å². The SMILES string of the molecule is COc1ccc(Cl)cc1C(=O)NC(CO)CC(C)C. The van der Waals surface area contributed by atoms with Crippen molar-refractivity contribution in [2.24, 2.45) is 5.92 Å². The number of aliphatic hydroxyl groups excluding tert-OH is 1. The second-order valence-electron chi connectivity index (χ2n) is 4.83. The molecular weight excluding hydrogens is 266 g/mol. The van der Waals surface area contributed by atoms with Crippen molar-refractivity contribution in [3.63, 3.8) is 0 Å². The summed E-state index contributed by atoms with van der Waals surface area (Å²) in [5.74, 6) is 0.556. The van der Waals surface area contributed by atoms with Crippen LogP contribution in [-0.2, 0) is 0 Å². The average molecular weight is 286 g/mol. The lowest BCUT2D eigenvalue weighted by atomic mass is 10.0. The Hall–Kier alpha value is -1.26. The Kier molecular flexibility index (Phi) is 6.12. The van der Waals surface area contributed by atoms with Crippen LogP contribution in [0, 0.1) is 5.92 Å². The van der Waals surface area contributed by atoms with Gasteiger partial charge in [0.05, 0.1) is 25.3 Å². The predicted molar refractivity (Wildman–Crippen MR) is 75.8 cm³/mol. The standard InChI is InChI=1S/C14H20ClNO3/c1-9(2)6-11(8-17)16-14(18)12-7-10(15)4-5-13(12)19-3/h4-5,7,9,11,17H,6,8H2,1-3H3,(H,16,18). The van der Waals surface area contributed by atoms with E-state index in [4.69, 9.17) is 16.3 Å². The van der Waals surface area contributed by atoms with E-state index in [9.17, 15) is 9.90 Å². The van der Waals surface area contributed by atoms with E-state index in [0.717, 1.165) is 0 Å². The highest BCUT2D eigenvalue weighted by atomic mass is 35.5. The van der Waals surface area contributed by atoms with Gasteiger partial charge < -0.3 is 15.2 Å². The minimum atomic E-state index is -0.293. The number of carbonyl (C=O) groups excluding carboxylic acids is 1. The highest BCUT2D eigenvalue weighted by Crippen LogP contribution is 2.22. The smallest absolute Gasteiger partial charge is 0.255 e. The molecule has 0 heterocycles. The molecule has 1 amide bonds. The monoisotopic (exact) mass is 285 g/mol. The Morgan fingerprint density at radius 2 is 2.16 bits per heavy atom. The minimum absolute atomic E-state index is 0.0905. The molecule has 0 spiro atoms. The second kappa shape index (κ2) is 7.36. The molecule has 0 saturated carbocycles. The van der Waals surface area contributed by atoms with Crippen molar-refractivity contribution in [3.8, 4) is 5.75 Å². The number of ether oxygens (including phenoxy) is 1. The van der Waals surface area contributed by atoms with Crippen LogP contribution in [0.25, 0.3) is 0 Å². The largest absolute Gasteiger partial charge is 0.496 e. The Morgan fingerprint density at radius 1 is 1.47 bits per heavy atom. The van der Waals surface area contributed by atoms with Crippen LogP contribution >= 0.6 is 11.6 Å². The van der Waals surface area contributed by atoms with Gasteiger partial charge in [0.25, 0.3) is 5.91 Å². The third-order valence-electron chi connectivity index (χ3n) is 2.72. The molecule has 1 aromatic rings. The van der Waals surface area contributed by atoms with Gasteiger partial charge in [0, 0.05) is 5.02 Å². The van der Waals surface area contributed by atoms with Gasteiger partial charge in [0.1, 0.15) is 5.75 Å². The Morgan fingerprint density at radius 3 is 2.68 bits per heavy atom. The van der Waals surface area contributed by atoms with E-state index in [1.807, 2.05) is 13.8 Å². The highest BCUT2D eigenvalue weighted by molar-refractivity contribution is 6.31. The summed E-state index contributed by atoms with van der Waals surface area (Å²) in [7, 11) is 1.50. The Balaban J connectivity index is 2.84. The van der Waals surface area contributed by atoms with Crippen molar-refractivity contribution in [2.75, 3.05) is 13.7 Å². The molecule has 1 unspecified atom stereocenters. The number of methoxy groups -OCH3 is 1. The zero-order valence-corrected chi connectivity index (χ0v) is 12.2. The molecule has 19 heavy (non-hydrogen) atoms. The summed E-state index contributed by atoms with van der Waals surface area (Å²) in [4.78, 5) is 12.2. The van der Waals surface area contributed by atoms with Crippen LogP contribution in [-0.4, -0.2) is 30.8 Å². The van der Waals surface area contributed by atoms with Gasteiger partial charge in [-0.25, -0.2) is 0 Å². The first kappa shape index (κ1) is 15.8. The maximum Gasteiger partial charge on any atom is 0.255 e. The summed E-state index contributed by atoms with van der Waals surface area (Å²) in [6.45, 7) is 3.98. The van der Waals surface area contributed by atoms with E-state index in [0.29, 0.717) is 28.7 Å². The van der Waals surface area contributed by atoms with E-state index in [1.54, 1.807) is 18.2 Å². The summed E-state index contributed by atoms with van der Waals surface area (Å²) in [5.41, 5.74) is 0.372. The summed E-state index contributed by atoms with van der Waals surface area (Å²) in [6.07, 6.45) is 0.713. The van der Waals surface area contributed by atoms with Gasteiger partial charge in [-0.1, -0.05) is 25.4 Å². The molecule has 0 saturated heterocycles. The molecule has 1 aromatic carbocycles. The molecule has 4 nitrogen and oxygen atoms in total. The maximum absolute atomic E-state index is 12.2.